The number of H-pyrrole nitrogens is 1. The minimum Gasteiger partial charge on any atom is -0.319 e. The number of anilines is 1. The lowest BCUT2D eigenvalue weighted by molar-refractivity contribution is 0.102. The predicted octanol–water partition coefficient (Wildman–Crippen LogP) is 3.93. The normalized spacial score (nSPS) is 15.9. The maximum absolute atomic E-state index is 12.9. The van der Waals surface area contributed by atoms with Gasteiger partial charge in [0.15, 0.2) is 0 Å². The molecule has 0 saturated carbocycles. The third kappa shape index (κ3) is 3.71. The van der Waals surface area contributed by atoms with E-state index in [2.05, 4.69) is 32.5 Å². The van der Waals surface area contributed by atoms with Crippen LogP contribution in [0.15, 0.2) is 59.7 Å². The van der Waals surface area contributed by atoms with Crippen molar-refractivity contribution in [1.82, 2.24) is 15.1 Å². The molecule has 0 bridgehead atoms. The lowest BCUT2D eigenvalue weighted by Crippen LogP contribution is -2.19. The van der Waals surface area contributed by atoms with Crippen molar-refractivity contribution in [3.05, 3.63) is 77.1 Å². The third-order valence-electron chi connectivity index (χ3n) is 5.58. The number of aliphatic imine (C=N–C) groups is 1. The number of aromatic nitrogens is 2. The summed E-state index contributed by atoms with van der Waals surface area (Å²) >= 11 is 0. The fraction of sp³-hybridized carbons (Fsp3) is 0.261. The Morgan fingerprint density at radius 1 is 1.10 bits per heavy atom. The number of rotatable bonds is 5. The summed E-state index contributed by atoms with van der Waals surface area (Å²) < 4.78 is 0. The first-order valence-electron chi connectivity index (χ1n) is 10.1. The maximum Gasteiger partial charge on any atom is 0.255 e. The fourth-order valence-electron chi connectivity index (χ4n) is 4.08. The van der Waals surface area contributed by atoms with E-state index >= 15 is 0 Å². The van der Waals surface area contributed by atoms with Gasteiger partial charge in [-0.1, -0.05) is 30.3 Å². The highest BCUT2D eigenvalue weighted by Crippen LogP contribution is 2.30. The van der Waals surface area contributed by atoms with Crippen LogP contribution in [0.1, 0.15) is 40.0 Å². The zero-order chi connectivity index (χ0) is 19.6. The molecule has 1 saturated heterocycles. The highest BCUT2D eigenvalue weighted by atomic mass is 16.1. The molecule has 2 N–H and O–H groups in total. The minimum atomic E-state index is -0.132. The van der Waals surface area contributed by atoms with E-state index in [9.17, 15) is 4.79 Å². The summed E-state index contributed by atoms with van der Waals surface area (Å²) in [6.45, 7) is 3.17. The number of para-hydroxylation sites is 1. The van der Waals surface area contributed by atoms with Crippen molar-refractivity contribution in [3.8, 4) is 0 Å². The summed E-state index contributed by atoms with van der Waals surface area (Å²) in [6, 6.07) is 16.0. The molecular formula is C23H23N5O. The quantitative estimate of drug-likeness (QED) is 0.699. The molecule has 0 atom stereocenters. The van der Waals surface area contributed by atoms with Crippen molar-refractivity contribution < 1.29 is 4.79 Å². The summed E-state index contributed by atoms with van der Waals surface area (Å²) in [5.41, 5.74) is 6.30. The van der Waals surface area contributed by atoms with Gasteiger partial charge < -0.3 is 5.32 Å². The first kappa shape index (κ1) is 17.8. The van der Waals surface area contributed by atoms with Crippen LogP contribution in [0, 0.1) is 0 Å². The van der Waals surface area contributed by atoms with E-state index in [1.54, 1.807) is 6.20 Å². The Bertz CT molecular complexity index is 1080. The molecule has 0 unspecified atom stereocenters. The summed E-state index contributed by atoms with van der Waals surface area (Å²) in [5, 5.41) is 10.1. The summed E-state index contributed by atoms with van der Waals surface area (Å²) in [6.07, 6.45) is 4.90. The number of nitrogens with zero attached hydrogens (tertiary/aromatic N) is 3. The van der Waals surface area contributed by atoms with E-state index in [1.165, 1.54) is 24.0 Å². The molecule has 2 aliphatic rings. The number of nitrogens with one attached hydrogen (secondary N) is 2. The van der Waals surface area contributed by atoms with Crippen LogP contribution in [0.5, 0.6) is 0 Å². The van der Waals surface area contributed by atoms with Crippen LogP contribution < -0.4 is 5.32 Å². The largest absolute Gasteiger partial charge is 0.319 e. The van der Waals surface area contributed by atoms with Crippen molar-refractivity contribution >= 4 is 23.0 Å². The number of hydrogen-bond donors (Lipinski definition) is 2. The molecule has 146 valence electrons. The van der Waals surface area contributed by atoms with E-state index in [4.69, 9.17) is 4.99 Å². The Morgan fingerprint density at radius 2 is 1.97 bits per heavy atom. The topological polar surface area (TPSA) is 73.4 Å². The first-order valence-corrected chi connectivity index (χ1v) is 10.1. The molecule has 2 aliphatic heterocycles. The van der Waals surface area contributed by atoms with E-state index in [0.29, 0.717) is 11.3 Å². The molecule has 2 aromatic carbocycles. The van der Waals surface area contributed by atoms with Crippen molar-refractivity contribution in [2.24, 2.45) is 4.99 Å². The second kappa shape index (κ2) is 7.64. The Labute approximate surface area is 169 Å². The first-order chi connectivity index (χ1) is 14.3. The van der Waals surface area contributed by atoms with Gasteiger partial charge in [-0.05, 0) is 55.3 Å². The summed E-state index contributed by atoms with van der Waals surface area (Å²) in [4.78, 5) is 20.0. The number of aromatic amines is 1. The molecule has 29 heavy (non-hydrogen) atoms. The minimum absolute atomic E-state index is 0.132. The molecule has 3 aromatic rings. The van der Waals surface area contributed by atoms with Gasteiger partial charge in [0.25, 0.3) is 5.91 Å². The monoisotopic (exact) mass is 385 g/mol. The molecule has 6 heteroatoms. The number of likely N-dealkylation sites (tertiary alicyclic amines) is 1. The lowest BCUT2D eigenvalue weighted by Gasteiger charge is -2.15. The highest BCUT2D eigenvalue weighted by molar-refractivity contribution is 6.12. The van der Waals surface area contributed by atoms with Crippen molar-refractivity contribution in [1.29, 1.82) is 0 Å². The van der Waals surface area contributed by atoms with Gasteiger partial charge in [-0.3, -0.25) is 19.8 Å². The van der Waals surface area contributed by atoms with Crippen molar-refractivity contribution in [2.45, 2.75) is 25.8 Å². The Kier molecular flexibility index (Phi) is 4.69. The van der Waals surface area contributed by atoms with Crippen molar-refractivity contribution in [2.75, 3.05) is 18.4 Å². The molecule has 1 amide bonds. The van der Waals surface area contributed by atoms with Gasteiger partial charge in [-0.25, -0.2) is 0 Å². The van der Waals surface area contributed by atoms with Crippen molar-refractivity contribution in [3.63, 3.8) is 0 Å². The zero-order valence-electron chi connectivity index (χ0n) is 16.2. The van der Waals surface area contributed by atoms with Gasteiger partial charge in [0.05, 0.1) is 23.3 Å². The van der Waals surface area contributed by atoms with Crippen LogP contribution in [0.25, 0.3) is 0 Å². The summed E-state index contributed by atoms with van der Waals surface area (Å²) in [5.74, 6) is -0.132. The number of benzene rings is 2. The van der Waals surface area contributed by atoms with Crippen LogP contribution in [-0.4, -0.2) is 39.8 Å². The van der Waals surface area contributed by atoms with Gasteiger partial charge >= 0.3 is 0 Å². The molecule has 0 spiro atoms. The molecule has 1 aromatic heterocycles. The molecule has 0 radical (unpaired) electrons. The Balaban J connectivity index is 1.32. The van der Waals surface area contributed by atoms with Gasteiger partial charge in [0.2, 0.25) is 0 Å². The molecule has 6 nitrogen and oxygen atoms in total. The SMILES string of the molecule is O=C(Nc1cn[nH]c1C1=Nc2ccccc2C1)c1cccc(CN2CCCC2)c1. The molecular weight excluding hydrogens is 362 g/mol. The maximum atomic E-state index is 12.9. The van der Waals surface area contributed by atoms with Gasteiger partial charge in [-0.2, -0.15) is 5.10 Å². The lowest BCUT2D eigenvalue weighted by atomic mass is 10.1. The third-order valence-corrected chi connectivity index (χ3v) is 5.58. The molecule has 0 aliphatic carbocycles. The van der Waals surface area contributed by atoms with E-state index < -0.39 is 0 Å². The number of fused-ring (bicyclic) bond motifs is 1. The van der Waals surface area contributed by atoms with Crippen LogP contribution in [0.3, 0.4) is 0 Å². The highest BCUT2D eigenvalue weighted by Gasteiger charge is 2.21. The van der Waals surface area contributed by atoms with Gasteiger partial charge in [0.1, 0.15) is 5.69 Å². The second-order valence-corrected chi connectivity index (χ2v) is 7.66. The van der Waals surface area contributed by atoms with E-state index in [-0.39, 0.29) is 5.91 Å². The second-order valence-electron chi connectivity index (χ2n) is 7.66. The van der Waals surface area contributed by atoms with Crippen LogP contribution in [0.4, 0.5) is 11.4 Å². The Hall–Kier alpha value is -3.25. The van der Waals surface area contributed by atoms with Gasteiger partial charge in [0, 0.05) is 18.5 Å². The average molecular weight is 385 g/mol. The van der Waals surface area contributed by atoms with E-state index in [0.717, 1.165) is 43.1 Å². The molecule has 3 heterocycles. The van der Waals surface area contributed by atoms with Crippen LogP contribution in [-0.2, 0) is 13.0 Å². The number of amides is 1. The smallest absolute Gasteiger partial charge is 0.255 e. The average Bonchev–Trinajstić information content (AvgIpc) is 3.48. The number of carbonyl (C=O) groups excluding carboxylic acids is 1. The van der Waals surface area contributed by atoms with Gasteiger partial charge in [-0.15, -0.1) is 0 Å². The zero-order valence-corrected chi connectivity index (χ0v) is 16.2. The standard InChI is InChI=1S/C23H23N5O/c29-23(18-8-5-6-16(12-18)15-28-10-3-4-11-28)26-21-14-24-27-22(21)20-13-17-7-1-2-9-19(17)25-20/h1-2,5-9,12,14H,3-4,10-11,13,15H2,(H,24,27)(H,26,29). The summed E-state index contributed by atoms with van der Waals surface area (Å²) in [7, 11) is 0. The molecule has 1 fully saturated rings. The molecule has 5 rings (SSSR count). The Morgan fingerprint density at radius 3 is 2.83 bits per heavy atom. The van der Waals surface area contributed by atoms with E-state index in [1.807, 2.05) is 36.4 Å². The predicted molar refractivity (Wildman–Crippen MR) is 114 cm³/mol. The number of carbonyl (C=O) groups is 1. The van der Waals surface area contributed by atoms with Crippen LogP contribution >= 0.6 is 0 Å². The van der Waals surface area contributed by atoms with Crippen LogP contribution in [0.2, 0.25) is 0 Å². The number of hydrogen-bond acceptors (Lipinski definition) is 4. The fourth-order valence-corrected chi connectivity index (χ4v) is 4.08.